The summed E-state index contributed by atoms with van der Waals surface area (Å²) in [5.74, 6) is -0.378. The molecule has 0 aliphatic carbocycles. The summed E-state index contributed by atoms with van der Waals surface area (Å²) < 4.78 is 19.3. The van der Waals surface area contributed by atoms with Gasteiger partial charge in [0.25, 0.3) is 0 Å². The number of methoxy groups -OCH3 is 1. The van der Waals surface area contributed by atoms with Crippen LogP contribution in [0.4, 0.5) is 9.18 Å². The molecule has 1 aromatic heterocycles. The molecule has 190 valence electrons. The number of nitrogens with one attached hydrogen (secondary N) is 2. The van der Waals surface area contributed by atoms with Crippen molar-refractivity contribution in [1.82, 2.24) is 15.6 Å². The molecular weight excluding hydrogens is 536 g/mol. The molecule has 0 saturated carbocycles. The summed E-state index contributed by atoms with van der Waals surface area (Å²) in [6.07, 6.45) is 0. The second kappa shape index (κ2) is 12.4. The van der Waals surface area contributed by atoms with E-state index in [1.54, 1.807) is 49.6 Å². The van der Waals surface area contributed by atoms with E-state index >= 15 is 0 Å². The molecular formula is C28H23Cl3FN3O2. The number of urea groups is 1. The highest BCUT2D eigenvalue weighted by molar-refractivity contribution is 6.36. The number of amides is 2. The van der Waals surface area contributed by atoms with E-state index in [4.69, 9.17) is 44.5 Å². The molecule has 0 aliphatic heterocycles. The normalized spacial score (nSPS) is 10.8. The number of hydrogen-bond donors (Lipinski definition) is 2. The number of halogens is 4. The zero-order valence-electron chi connectivity index (χ0n) is 19.8. The second-order valence-corrected chi connectivity index (χ2v) is 9.46. The zero-order valence-corrected chi connectivity index (χ0v) is 22.1. The van der Waals surface area contributed by atoms with Crippen LogP contribution in [0.1, 0.15) is 16.8 Å². The maximum atomic E-state index is 13.9. The Morgan fingerprint density at radius 3 is 2.22 bits per heavy atom. The van der Waals surface area contributed by atoms with Crippen molar-refractivity contribution in [2.75, 3.05) is 7.11 Å². The third-order valence-electron chi connectivity index (χ3n) is 5.65. The average molecular weight is 559 g/mol. The lowest BCUT2D eigenvalue weighted by atomic mass is 9.96. The maximum Gasteiger partial charge on any atom is 0.315 e. The molecule has 4 rings (SSSR count). The first-order valence-corrected chi connectivity index (χ1v) is 12.5. The molecule has 37 heavy (non-hydrogen) atoms. The van der Waals surface area contributed by atoms with Crippen LogP contribution in [-0.2, 0) is 24.4 Å². The predicted octanol–water partition coefficient (Wildman–Crippen LogP) is 7.66. The van der Waals surface area contributed by atoms with Crippen LogP contribution >= 0.6 is 34.8 Å². The molecule has 9 heteroatoms. The van der Waals surface area contributed by atoms with E-state index in [0.717, 1.165) is 22.3 Å². The number of aromatic nitrogens is 1. The highest BCUT2D eigenvalue weighted by atomic mass is 35.5. The SMILES string of the molecule is COCc1nc(-c2ccc(Cl)cc2)c(-c2ccc(Cl)cc2Cl)cc1CNC(=O)NCc1ccccc1F. The first kappa shape index (κ1) is 26.9. The van der Waals surface area contributed by atoms with Gasteiger partial charge in [-0.1, -0.05) is 71.2 Å². The van der Waals surface area contributed by atoms with Crippen molar-refractivity contribution in [3.8, 4) is 22.4 Å². The second-order valence-electron chi connectivity index (χ2n) is 8.18. The third kappa shape index (κ3) is 6.79. The summed E-state index contributed by atoms with van der Waals surface area (Å²) in [6, 6.07) is 20.4. The fourth-order valence-electron chi connectivity index (χ4n) is 3.80. The molecule has 0 aliphatic rings. The Morgan fingerprint density at radius 2 is 1.54 bits per heavy atom. The Morgan fingerprint density at radius 1 is 0.865 bits per heavy atom. The lowest BCUT2D eigenvalue weighted by Crippen LogP contribution is -2.35. The summed E-state index contributed by atoms with van der Waals surface area (Å²) in [5, 5.41) is 7.07. The van der Waals surface area contributed by atoms with Crippen molar-refractivity contribution >= 4 is 40.8 Å². The molecule has 1 heterocycles. The molecule has 2 N–H and O–H groups in total. The van der Waals surface area contributed by atoms with Crippen molar-refractivity contribution in [3.63, 3.8) is 0 Å². The Labute approximate surface area is 229 Å². The molecule has 0 bridgehead atoms. The topological polar surface area (TPSA) is 63.2 Å². The zero-order chi connectivity index (χ0) is 26.4. The Hall–Kier alpha value is -3.16. The molecule has 5 nitrogen and oxygen atoms in total. The fourth-order valence-corrected chi connectivity index (χ4v) is 4.44. The number of nitrogens with zero attached hydrogens (tertiary/aromatic N) is 1. The van der Waals surface area contributed by atoms with Crippen LogP contribution in [0.5, 0.6) is 0 Å². The molecule has 0 fully saturated rings. The predicted molar refractivity (Wildman–Crippen MR) is 146 cm³/mol. The van der Waals surface area contributed by atoms with Crippen LogP contribution in [0.15, 0.2) is 72.8 Å². The van der Waals surface area contributed by atoms with E-state index in [0.29, 0.717) is 32.0 Å². The monoisotopic (exact) mass is 557 g/mol. The van der Waals surface area contributed by atoms with Gasteiger partial charge in [0.15, 0.2) is 0 Å². The van der Waals surface area contributed by atoms with Crippen molar-refractivity contribution in [2.45, 2.75) is 19.7 Å². The standard InChI is InChI=1S/C28H23Cl3FN3O2/c1-37-16-26-19(15-34-28(36)33-14-18-4-2-3-5-25(18)32)12-23(22-11-10-21(30)13-24(22)31)27(35-26)17-6-8-20(29)9-7-17/h2-13H,14-16H2,1H3,(H2,33,34,36). The number of carbonyl (C=O) groups is 1. The van der Waals surface area contributed by atoms with E-state index in [1.165, 1.54) is 6.07 Å². The lowest BCUT2D eigenvalue weighted by molar-refractivity contribution is 0.180. The maximum absolute atomic E-state index is 13.9. The van der Waals surface area contributed by atoms with Gasteiger partial charge in [0.2, 0.25) is 0 Å². The molecule has 0 unspecified atom stereocenters. The minimum absolute atomic E-state index is 0.0584. The summed E-state index contributed by atoms with van der Waals surface area (Å²) in [5.41, 5.74) is 4.79. The van der Waals surface area contributed by atoms with Crippen molar-refractivity contribution in [2.24, 2.45) is 0 Å². The number of ether oxygens (including phenoxy) is 1. The smallest absolute Gasteiger partial charge is 0.315 e. The van der Waals surface area contributed by atoms with E-state index in [2.05, 4.69) is 10.6 Å². The summed E-state index contributed by atoms with van der Waals surface area (Å²) in [6.45, 7) is 0.444. The van der Waals surface area contributed by atoms with Crippen LogP contribution in [-0.4, -0.2) is 18.1 Å². The minimum Gasteiger partial charge on any atom is -0.378 e. The lowest BCUT2D eigenvalue weighted by Gasteiger charge is -2.17. The molecule has 2 amide bonds. The first-order chi connectivity index (χ1) is 17.9. The van der Waals surface area contributed by atoms with Gasteiger partial charge >= 0.3 is 6.03 Å². The van der Waals surface area contributed by atoms with Crippen molar-refractivity contribution in [3.05, 3.63) is 111 Å². The Kier molecular flexibility index (Phi) is 9.00. The van der Waals surface area contributed by atoms with E-state index in [1.807, 2.05) is 24.3 Å². The number of hydrogen-bond acceptors (Lipinski definition) is 3. The fraction of sp³-hybridized carbons (Fsp3) is 0.143. The Bertz CT molecular complexity index is 1410. The van der Waals surface area contributed by atoms with Gasteiger partial charge in [0, 0.05) is 57.5 Å². The number of rotatable bonds is 8. The van der Waals surface area contributed by atoms with Gasteiger partial charge in [-0.2, -0.15) is 0 Å². The van der Waals surface area contributed by atoms with Crippen LogP contribution in [0.3, 0.4) is 0 Å². The van der Waals surface area contributed by atoms with Gasteiger partial charge < -0.3 is 15.4 Å². The van der Waals surface area contributed by atoms with Crippen LogP contribution in [0, 0.1) is 5.82 Å². The summed E-state index contributed by atoms with van der Waals surface area (Å²) >= 11 is 18.8. The Balaban J connectivity index is 1.67. The van der Waals surface area contributed by atoms with Crippen molar-refractivity contribution < 1.29 is 13.9 Å². The van der Waals surface area contributed by atoms with Crippen LogP contribution in [0.2, 0.25) is 15.1 Å². The largest absolute Gasteiger partial charge is 0.378 e. The van der Waals surface area contributed by atoms with E-state index in [-0.39, 0.29) is 25.5 Å². The van der Waals surface area contributed by atoms with Gasteiger partial charge in [0.05, 0.1) is 18.0 Å². The van der Waals surface area contributed by atoms with Crippen LogP contribution < -0.4 is 10.6 Å². The van der Waals surface area contributed by atoms with Gasteiger partial charge in [-0.25, -0.2) is 14.2 Å². The molecule has 0 spiro atoms. The molecule has 0 radical (unpaired) electrons. The quantitative estimate of drug-likeness (QED) is 0.233. The van der Waals surface area contributed by atoms with Crippen LogP contribution in [0.25, 0.3) is 22.4 Å². The summed E-state index contributed by atoms with van der Waals surface area (Å²) in [7, 11) is 1.58. The summed E-state index contributed by atoms with van der Waals surface area (Å²) in [4.78, 5) is 17.4. The first-order valence-electron chi connectivity index (χ1n) is 11.3. The highest BCUT2D eigenvalue weighted by Crippen LogP contribution is 2.38. The van der Waals surface area contributed by atoms with E-state index < -0.39 is 6.03 Å². The van der Waals surface area contributed by atoms with Gasteiger partial charge in [-0.05, 0) is 42.0 Å². The molecule has 4 aromatic rings. The molecule has 3 aromatic carbocycles. The molecule has 0 atom stereocenters. The number of pyridine rings is 1. The number of carbonyl (C=O) groups excluding carboxylic acids is 1. The third-order valence-corrected chi connectivity index (χ3v) is 6.45. The highest BCUT2D eigenvalue weighted by Gasteiger charge is 2.18. The molecule has 0 saturated heterocycles. The average Bonchev–Trinajstić information content (AvgIpc) is 2.88. The van der Waals surface area contributed by atoms with E-state index in [9.17, 15) is 9.18 Å². The number of benzene rings is 3. The van der Waals surface area contributed by atoms with Gasteiger partial charge in [-0.15, -0.1) is 0 Å². The minimum atomic E-state index is -0.445. The van der Waals surface area contributed by atoms with Crippen molar-refractivity contribution in [1.29, 1.82) is 0 Å². The van der Waals surface area contributed by atoms with Gasteiger partial charge in [0.1, 0.15) is 5.82 Å². The van der Waals surface area contributed by atoms with Gasteiger partial charge in [-0.3, -0.25) is 0 Å².